The molecule has 118 valence electrons. The zero-order chi connectivity index (χ0) is 15.2. The molecule has 0 atom stereocenters. The van der Waals surface area contributed by atoms with Crippen LogP contribution in [0.15, 0.2) is 0 Å². The summed E-state index contributed by atoms with van der Waals surface area (Å²) >= 11 is 0. The predicted octanol–water partition coefficient (Wildman–Crippen LogP) is 2.69. The fraction of sp³-hybridized carbons (Fsp3) is 0.867. The third-order valence-electron chi connectivity index (χ3n) is 3.05. The average molecular weight is 287 g/mol. The number of amides is 1. The number of carboxylic acid groups (broad SMARTS) is 1. The van der Waals surface area contributed by atoms with Gasteiger partial charge in [-0.25, -0.2) is 0 Å². The fourth-order valence-electron chi connectivity index (χ4n) is 1.78. The minimum atomic E-state index is -0.863. The number of aliphatic carboxylic acids is 1. The molecule has 5 heteroatoms. The van der Waals surface area contributed by atoms with Crippen molar-refractivity contribution in [1.29, 1.82) is 0 Å². The van der Waals surface area contributed by atoms with Gasteiger partial charge in [0.2, 0.25) is 5.91 Å². The van der Waals surface area contributed by atoms with Gasteiger partial charge in [0.05, 0.1) is 6.42 Å². The predicted molar refractivity (Wildman–Crippen MR) is 78.7 cm³/mol. The average Bonchev–Trinajstić information content (AvgIpc) is 2.42. The van der Waals surface area contributed by atoms with E-state index in [4.69, 9.17) is 9.84 Å². The maximum atomic E-state index is 12.0. The first-order valence-corrected chi connectivity index (χ1v) is 7.69. The summed E-state index contributed by atoms with van der Waals surface area (Å²) in [6.45, 7) is 6.43. The van der Waals surface area contributed by atoms with Crippen LogP contribution in [0.5, 0.6) is 0 Å². The summed E-state index contributed by atoms with van der Waals surface area (Å²) in [6, 6.07) is 0. The SMILES string of the molecule is CCCCOCCCN(CCC(=O)O)C(=O)CCCC. The highest BCUT2D eigenvalue weighted by Crippen LogP contribution is 2.04. The monoisotopic (exact) mass is 287 g/mol. The molecular formula is C15H29NO4. The van der Waals surface area contributed by atoms with Gasteiger partial charge in [0, 0.05) is 32.7 Å². The summed E-state index contributed by atoms with van der Waals surface area (Å²) in [5.74, 6) is -0.806. The molecule has 0 fully saturated rings. The summed E-state index contributed by atoms with van der Waals surface area (Å²) in [4.78, 5) is 24.3. The Labute approximate surface area is 122 Å². The zero-order valence-corrected chi connectivity index (χ0v) is 12.9. The van der Waals surface area contributed by atoms with Gasteiger partial charge in [-0.05, 0) is 19.3 Å². The maximum Gasteiger partial charge on any atom is 0.305 e. The van der Waals surface area contributed by atoms with Crippen LogP contribution < -0.4 is 0 Å². The number of nitrogens with zero attached hydrogens (tertiary/aromatic N) is 1. The van der Waals surface area contributed by atoms with E-state index in [2.05, 4.69) is 6.92 Å². The van der Waals surface area contributed by atoms with Gasteiger partial charge in [-0.15, -0.1) is 0 Å². The zero-order valence-electron chi connectivity index (χ0n) is 12.9. The van der Waals surface area contributed by atoms with Gasteiger partial charge in [-0.2, -0.15) is 0 Å². The van der Waals surface area contributed by atoms with E-state index >= 15 is 0 Å². The van der Waals surface area contributed by atoms with E-state index in [1.54, 1.807) is 4.90 Å². The normalized spacial score (nSPS) is 10.5. The number of carbonyl (C=O) groups excluding carboxylic acids is 1. The van der Waals surface area contributed by atoms with Crippen molar-refractivity contribution in [2.75, 3.05) is 26.3 Å². The van der Waals surface area contributed by atoms with Gasteiger partial charge in [0.25, 0.3) is 0 Å². The van der Waals surface area contributed by atoms with E-state index in [1.807, 2.05) is 6.92 Å². The molecule has 0 saturated carbocycles. The van der Waals surface area contributed by atoms with Crippen LogP contribution in [0.25, 0.3) is 0 Å². The van der Waals surface area contributed by atoms with Crippen molar-refractivity contribution in [3.8, 4) is 0 Å². The summed E-state index contributed by atoms with van der Waals surface area (Å²) in [5, 5.41) is 8.73. The van der Waals surface area contributed by atoms with Crippen LogP contribution in [-0.4, -0.2) is 48.2 Å². The van der Waals surface area contributed by atoms with Crippen molar-refractivity contribution in [3.63, 3.8) is 0 Å². The second-order valence-electron chi connectivity index (χ2n) is 4.95. The molecule has 5 nitrogen and oxygen atoms in total. The van der Waals surface area contributed by atoms with Crippen LogP contribution in [-0.2, 0) is 14.3 Å². The molecule has 1 amide bonds. The Hall–Kier alpha value is -1.10. The molecule has 0 aliphatic rings. The van der Waals surface area contributed by atoms with E-state index < -0.39 is 5.97 Å². The molecule has 20 heavy (non-hydrogen) atoms. The van der Waals surface area contributed by atoms with E-state index in [0.717, 1.165) is 38.7 Å². The van der Waals surface area contributed by atoms with Gasteiger partial charge in [-0.1, -0.05) is 26.7 Å². The second-order valence-corrected chi connectivity index (χ2v) is 4.95. The third-order valence-corrected chi connectivity index (χ3v) is 3.05. The molecule has 0 spiro atoms. The first kappa shape index (κ1) is 18.9. The van der Waals surface area contributed by atoms with E-state index in [-0.39, 0.29) is 12.3 Å². The topological polar surface area (TPSA) is 66.8 Å². The molecule has 0 saturated heterocycles. The third kappa shape index (κ3) is 10.8. The van der Waals surface area contributed by atoms with Crippen LogP contribution in [0, 0.1) is 0 Å². The van der Waals surface area contributed by atoms with E-state index in [1.165, 1.54) is 0 Å². The molecule has 0 rings (SSSR count). The van der Waals surface area contributed by atoms with Gasteiger partial charge in [-0.3, -0.25) is 9.59 Å². The Morgan fingerprint density at radius 1 is 0.950 bits per heavy atom. The number of carboxylic acids is 1. The van der Waals surface area contributed by atoms with Crippen LogP contribution in [0.1, 0.15) is 58.8 Å². The largest absolute Gasteiger partial charge is 0.481 e. The summed E-state index contributed by atoms with van der Waals surface area (Å²) < 4.78 is 5.46. The quantitative estimate of drug-likeness (QED) is 0.529. The molecule has 0 unspecified atom stereocenters. The first-order chi connectivity index (χ1) is 9.61. The Morgan fingerprint density at radius 3 is 2.20 bits per heavy atom. The lowest BCUT2D eigenvalue weighted by Gasteiger charge is -2.22. The number of unbranched alkanes of at least 4 members (excludes halogenated alkanes) is 2. The number of hydrogen-bond acceptors (Lipinski definition) is 3. The lowest BCUT2D eigenvalue weighted by molar-refractivity contribution is -0.138. The van der Waals surface area contributed by atoms with Crippen molar-refractivity contribution in [2.45, 2.75) is 58.8 Å². The number of rotatable bonds is 13. The van der Waals surface area contributed by atoms with Crippen LogP contribution in [0.2, 0.25) is 0 Å². The highest BCUT2D eigenvalue weighted by Gasteiger charge is 2.13. The van der Waals surface area contributed by atoms with Crippen molar-refractivity contribution < 1.29 is 19.4 Å². The summed E-state index contributed by atoms with van der Waals surface area (Å²) in [7, 11) is 0. The van der Waals surface area contributed by atoms with Gasteiger partial charge < -0.3 is 14.7 Å². The van der Waals surface area contributed by atoms with Crippen molar-refractivity contribution in [1.82, 2.24) is 4.90 Å². The minimum Gasteiger partial charge on any atom is -0.481 e. The Kier molecular flexibility index (Phi) is 12.2. The number of ether oxygens (including phenoxy) is 1. The fourth-order valence-corrected chi connectivity index (χ4v) is 1.78. The Balaban J connectivity index is 3.97. The van der Waals surface area contributed by atoms with E-state index in [0.29, 0.717) is 26.1 Å². The summed E-state index contributed by atoms with van der Waals surface area (Å²) in [5.41, 5.74) is 0. The molecule has 0 bridgehead atoms. The number of hydrogen-bond donors (Lipinski definition) is 1. The standard InChI is InChI=1S/C15H29NO4/c1-3-5-8-14(17)16(11-9-15(18)19)10-7-13-20-12-6-4-2/h3-13H2,1-2H3,(H,18,19). The molecule has 1 N–H and O–H groups in total. The summed E-state index contributed by atoms with van der Waals surface area (Å²) in [6.07, 6.45) is 5.27. The highest BCUT2D eigenvalue weighted by atomic mass is 16.5. The molecule has 0 radical (unpaired) electrons. The molecule has 0 aromatic heterocycles. The molecule has 0 aliphatic carbocycles. The molecule has 0 heterocycles. The highest BCUT2D eigenvalue weighted by molar-refractivity contribution is 5.77. The number of carbonyl (C=O) groups is 2. The van der Waals surface area contributed by atoms with Gasteiger partial charge in [0.1, 0.15) is 0 Å². The first-order valence-electron chi connectivity index (χ1n) is 7.69. The van der Waals surface area contributed by atoms with Crippen molar-refractivity contribution >= 4 is 11.9 Å². The molecule has 0 aromatic carbocycles. The van der Waals surface area contributed by atoms with Gasteiger partial charge in [0.15, 0.2) is 0 Å². The Morgan fingerprint density at radius 2 is 1.60 bits per heavy atom. The molecule has 0 aromatic rings. The lowest BCUT2D eigenvalue weighted by Crippen LogP contribution is -2.34. The lowest BCUT2D eigenvalue weighted by atomic mass is 10.2. The van der Waals surface area contributed by atoms with Crippen molar-refractivity contribution in [3.05, 3.63) is 0 Å². The van der Waals surface area contributed by atoms with Crippen molar-refractivity contribution in [2.24, 2.45) is 0 Å². The van der Waals surface area contributed by atoms with Gasteiger partial charge >= 0.3 is 5.97 Å². The smallest absolute Gasteiger partial charge is 0.305 e. The van der Waals surface area contributed by atoms with Crippen LogP contribution >= 0.6 is 0 Å². The van der Waals surface area contributed by atoms with E-state index in [9.17, 15) is 9.59 Å². The van der Waals surface area contributed by atoms with Crippen LogP contribution in [0.4, 0.5) is 0 Å². The van der Waals surface area contributed by atoms with Crippen LogP contribution in [0.3, 0.4) is 0 Å². The molecule has 0 aliphatic heterocycles. The second kappa shape index (κ2) is 12.9. The molecular weight excluding hydrogens is 258 g/mol. The Bertz CT molecular complexity index is 269. The maximum absolute atomic E-state index is 12.0. The minimum absolute atomic E-state index is 0.00849.